The molecular weight excluding hydrogens is 678 g/mol. The number of hydrogen-bond donors (Lipinski definition) is 3. The van der Waals surface area contributed by atoms with Crippen LogP contribution >= 0.6 is 11.6 Å². The van der Waals surface area contributed by atoms with Crippen LogP contribution in [0.25, 0.3) is 10.9 Å². The smallest absolute Gasteiger partial charge is 0.253 e. The summed E-state index contributed by atoms with van der Waals surface area (Å²) in [5.74, 6) is -0.546. The third kappa shape index (κ3) is 8.78. The monoisotopic (exact) mass is 725 g/mol. The van der Waals surface area contributed by atoms with E-state index >= 15 is 0 Å². The molecule has 2 aliphatic rings. The molecule has 2 saturated heterocycles. The zero-order valence-electron chi connectivity index (χ0n) is 30.1. The molecule has 4 aromatic rings. The molecule has 274 valence electrons. The Kier molecular flexibility index (Phi) is 11.8. The lowest BCUT2D eigenvalue weighted by molar-refractivity contribution is -0.140. The first-order valence-corrected chi connectivity index (χ1v) is 18.6. The molecule has 0 aliphatic carbocycles. The third-order valence-corrected chi connectivity index (χ3v) is 10.5. The van der Waals surface area contributed by atoms with Crippen LogP contribution < -0.4 is 15.4 Å². The van der Waals surface area contributed by atoms with Gasteiger partial charge in [-0.1, -0.05) is 61.8 Å². The van der Waals surface area contributed by atoms with Crippen molar-refractivity contribution in [2.75, 3.05) is 39.8 Å². The lowest BCUT2D eigenvalue weighted by atomic mass is 9.79. The second kappa shape index (κ2) is 16.7. The molecule has 3 N–H and O–H groups in total. The lowest BCUT2D eigenvalue weighted by Crippen LogP contribution is -2.56. The minimum atomic E-state index is -0.723. The molecule has 3 aromatic carbocycles. The number of benzene rings is 3. The number of fused-ring (bicyclic) bond motifs is 2. The van der Waals surface area contributed by atoms with Crippen LogP contribution in [-0.4, -0.2) is 84.3 Å². The number of aromatic amines is 1. The number of rotatable bonds is 13. The number of likely N-dealkylation sites (tertiary alicyclic amines) is 2. The van der Waals surface area contributed by atoms with Crippen molar-refractivity contribution < 1.29 is 23.9 Å². The maximum Gasteiger partial charge on any atom is 0.253 e. The summed E-state index contributed by atoms with van der Waals surface area (Å²) >= 11 is 6.18. The van der Waals surface area contributed by atoms with E-state index in [-0.39, 0.29) is 48.4 Å². The SMILES string of the molecule is CNC(=O)[C@H](CCCc1ccccc1)NC(=O)C1CN(C(=O)Cc2c[nH]c3cc(Cl)ccc23)CC2CN(C(=O)c3ccc(OCC(C)C)cc3)CC21. The zero-order valence-corrected chi connectivity index (χ0v) is 30.8. The highest BCUT2D eigenvalue weighted by molar-refractivity contribution is 6.31. The molecule has 0 bridgehead atoms. The molecule has 4 atom stereocenters. The highest BCUT2D eigenvalue weighted by Crippen LogP contribution is 2.37. The van der Waals surface area contributed by atoms with Crippen molar-refractivity contribution in [2.24, 2.45) is 23.7 Å². The molecule has 0 saturated carbocycles. The fourth-order valence-electron chi connectivity index (χ4n) is 7.52. The number of halogens is 1. The summed E-state index contributed by atoms with van der Waals surface area (Å²) in [5.41, 5.74) is 3.41. The van der Waals surface area contributed by atoms with Crippen LogP contribution in [0.4, 0.5) is 0 Å². The molecule has 0 spiro atoms. The zero-order chi connectivity index (χ0) is 36.8. The van der Waals surface area contributed by atoms with Crippen molar-refractivity contribution in [1.29, 1.82) is 0 Å². The summed E-state index contributed by atoms with van der Waals surface area (Å²) in [6, 6.07) is 22.0. The Morgan fingerprint density at radius 2 is 1.69 bits per heavy atom. The van der Waals surface area contributed by atoms with Crippen molar-refractivity contribution in [3.8, 4) is 5.75 Å². The van der Waals surface area contributed by atoms with Gasteiger partial charge < -0.3 is 30.2 Å². The molecule has 52 heavy (non-hydrogen) atoms. The largest absolute Gasteiger partial charge is 0.493 e. The first-order chi connectivity index (χ1) is 25.1. The average molecular weight is 726 g/mol. The van der Waals surface area contributed by atoms with Gasteiger partial charge in [-0.05, 0) is 84.5 Å². The first-order valence-electron chi connectivity index (χ1n) is 18.2. The maximum atomic E-state index is 14.2. The maximum absolute atomic E-state index is 14.2. The van der Waals surface area contributed by atoms with Gasteiger partial charge in [-0.25, -0.2) is 0 Å². The first kappa shape index (κ1) is 36.9. The Morgan fingerprint density at radius 3 is 2.42 bits per heavy atom. The number of carbonyl (C=O) groups excluding carboxylic acids is 4. The third-order valence-electron chi connectivity index (χ3n) is 10.3. The van der Waals surface area contributed by atoms with Crippen LogP contribution in [0.3, 0.4) is 0 Å². The van der Waals surface area contributed by atoms with Gasteiger partial charge in [-0.15, -0.1) is 0 Å². The molecule has 3 unspecified atom stereocenters. The van der Waals surface area contributed by atoms with E-state index in [1.54, 1.807) is 35.0 Å². The summed E-state index contributed by atoms with van der Waals surface area (Å²) in [4.78, 5) is 61.8. The molecule has 10 nitrogen and oxygen atoms in total. The van der Waals surface area contributed by atoms with Crippen molar-refractivity contribution in [3.05, 3.63) is 101 Å². The highest BCUT2D eigenvalue weighted by Gasteiger charge is 2.48. The fraction of sp³-hybridized carbons (Fsp3) is 0.415. The number of piperidine rings is 1. The Hall–Kier alpha value is -4.83. The van der Waals surface area contributed by atoms with E-state index in [1.807, 2.05) is 48.7 Å². The normalized spacial score (nSPS) is 19.0. The van der Waals surface area contributed by atoms with E-state index in [2.05, 4.69) is 41.6 Å². The molecule has 0 radical (unpaired) electrons. The summed E-state index contributed by atoms with van der Waals surface area (Å²) in [6.45, 7) is 6.19. The number of carbonyl (C=O) groups is 4. The number of likely N-dealkylation sites (N-methyl/N-ethyl adjacent to an activating group) is 1. The number of nitrogens with zero attached hydrogens (tertiary/aromatic N) is 2. The van der Waals surface area contributed by atoms with Gasteiger partial charge in [0, 0.05) is 60.9 Å². The van der Waals surface area contributed by atoms with Gasteiger partial charge >= 0.3 is 0 Å². The average Bonchev–Trinajstić information content (AvgIpc) is 3.76. The highest BCUT2D eigenvalue weighted by atomic mass is 35.5. The van der Waals surface area contributed by atoms with E-state index in [1.165, 1.54) is 5.56 Å². The number of ether oxygens (including phenoxy) is 1. The summed E-state index contributed by atoms with van der Waals surface area (Å²) in [6.07, 6.45) is 3.94. The standard InChI is InChI=1S/C41H48ClN5O5/c1-26(2)25-52-32-15-12-28(13-16-32)41(51)47-22-30-21-46(38(48)18-29-20-44-37-19-31(42)14-17-33(29)37)24-35(34(30)23-47)39(49)45-36(40(50)43-3)11-7-10-27-8-5-4-6-9-27/h4-6,8-9,12-17,19-20,26,30,34-36,44H,7,10-11,18,21-25H2,1-3H3,(H,43,50)(H,45,49)/t30?,34?,35?,36-/m0/s1. The van der Waals surface area contributed by atoms with Crippen molar-refractivity contribution in [3.63, 3.8) is 0 Å². The van der Waals surface area contributed by atoms with E-state index in [0.29, 0.717) is 61.3 Å². The van der Waals surface area contributed by atoms with Gasteiger partial charge in [0.25, 0.3) is 5.91 Å². The van der Waals surface area contributed by atoms with Crippen molar-refractivity contribution in [2.45, 2.75) is 45.6 Å². The van der Waals surface area contributed by atoms with Gasteiger partial charge in [0.1, 0.15) is 11.8 Å². The fourth-order valence-corrected chi connectivity index (χ4v) is 7.69. The molecule has 1 aromatic heterocycles. The molecule has 11 heteroatoms. The van der Waals surface area contributed by atoms with Crippen LogP contribution in [0.15, 0.2) is 79.0 Å². The Morgan fingerprint density at radius 1 is 0.942 bits per heavy atom. The number of hydrogen-bond acceptors (Lipinski definition) is 5. The van der Waals surface area contributed by atoms with Crippen LogP contribution in [0.5, 0.6) is 5.75 Å². The molecule has 4 amide bonds. The number of H-pyrrole nitrogens is 1. The van der Waals surface area contributed by atoms with E-state index < -0.39 is 12.0 Å². The topological polar surface area (TPSA) is 124 Å². The molecule has 2 aliphatic heterocycles. The van der Waals surface area contributed by atoms with E-state index in [0.717, 1.165) is 22.9 Å². The predicted molar refractivity (Wildman–Crippen MR) is 202 cm³/mol. The van der Waals surface area contributed by atoms with Crippen LogP contribution in [0, 0.1) is 23.7 Å². The number of aryl methyl sites for hydroxylation is 1. The second-order valence-corrected chi connectivity index (χ2v) is 14.9. The number of nitrogens with one attached hydrogen (secondary N) is 3. The van der Waals surface area contributed by atoms with Gasteiger partial charge in [0.05, 0.1) is 18.9 Å². The molecule has 6 rings (SSSR count). The molecule has 2 fully saturated rings. The van der Waals surface area contributed by atoms with Gasteiger partial charge in [0.15, 0.2) is 0 Å². The van der Waals surface area contributed by atoms with Crippen molar-refractivity contribution >= 4 is 46.1 Å². The Labute approximate surface area is 310 Å². The van der Waals surface area contributed by atoms with Gasteiger partial charge in [-0.2, -0.15) is 0 Å². The van der Waals surface area contributed by atoms with E-state index in [9.17, 15) is 19.2 Å². The minimum Gasteiger partial charge on any atom is -0.493 e. The van der Waals surface area contributed by atoms with Gasteiger partial charge in [-0.3, -0.25) is 19.2 Å². The minimum absolute atomic E-state index is 0.0976. The Bertz CT molecular complexity index is 1880. The quantitative estimate of drug-likeness (QED) is 0.168. The number of aromatic nitrogens is 1. The van der Waals surface area contributed by atoms with Crippen LogP contribution in [-0.2, 0) is 27.2 Å². The van der Waals surface area contributed by atoms with Crippen LogP contribution in [0.2, 0.25) is 5.02 Å². The molecular formula is C41H48ClN5O5. The summed E-state index contributed by atoms with van der Waals surface area (Å²) in [5, 5.41) is 7.28. The lowest BCUT2D eigenvalue weighted by Gasteiger charge is -2.40. The summed E-state index contributed by atoms with van der Waals surface area (Å²) in [7, 11) is 1.57. The second-order valence-electron chi connectivity index (χ2n) is 14.5. The predicted octanol–water partition coefficient (Wildman–Crippen LogP) is 5.50. The molecule has 3 heterocycles. The summed E-state index contributed by atoms with van der Waals surface area (Å²) < 4.78 is 5.81. The van der Waals surface area contributed by atoms with Gasteiger partial charge in [0.2, 0.25) is 17.7 Å². The number of amides is 4. The Balaban J connectivity index is 1.19. The van der Waals surface area contributed by atoms with Crippen molar-refractivity contribution in [1.82, 2.24) is 25.4 Å². The van der Waals surface area contributed by atoms with Crippen LogP contribution in [0.1, 0.15) is 48.2 Å². The van der Waals surface area contributed by atoms with E-state index in [4.69, 9.17) is 16.3 Å².